The van der Waals surface area contributed by atoms with Crippen LogP contribution >= 0.6 is 0 Å². The second-order valence-electron chi connectivity index (χ2n) is 3.55. The fourth-order valence-electron chi connectivity index (χ4n) is 1.30. The quantitative estimate of drug-likeness (QED) is 0.716. The number of hydrogen-bond acceptors (Lipinski definition) is 2. The van der Waals surface area contributed by atoms with Crippen LogP contribution < -0.4 is 5.32 Å². The van der Waals surface area contributed by atoms with Crippen molar-refractivity contribution in [3.05, 3.63) is 35.6 Å². The Bertz CT molecular complexity index is 324. The zero-order valence-corrected chi connectivity index (χ0v) is 9.08. The first-order valence-electron chi connectivity index (χ1n) is 5.34. The van der Waals surface area contributed by atoms with Crippen LogP contribution in [0.2, 0.25) is 0 Å². The SMILES string of the molecule is O=C(CCc1ccc(F)cc1)NCCCO. The lowest BCUT2D eigenvalue weighted by atomic mass is 10.1. The van der Waals surface area contributed by atoms with E-state index in [2.05, 4.69) is 5.32 Å². The summed E-state index contributed by atoms with van der Waals surface area (Å²) in [5, 5.41) is 11.2. The maximum absolute atomic E-state index is 12.6. The highest BCUT2D eigenvalue weighted by atomic mass is 19.1. The van der Waals surface area contributed by atoms with Crippen molar-refractivity contribution in [3.8, 4) is 0 Å². The lowest BCUT2D eigenvalue weighted by Gasteiger charge is -2.04. The average Bonchev–Trinajstić information content (AvgIpc) is 2.29. The van der Waals surface area contributed by atoms with Crippen LogP contribution in [0, 0.1) is 5.82 Å². The minimum Gasteiger partial charge on any atom is -0.396 e. The zero-order valence-electron chi connectivity index (χ0n) is 9.08. The number of benzene rings is 1. The van der Waals surface area contributed by atoms with Gasteiger partial charge in [0, 0.05) is 19.6 Å². The molecule has 1 rings (SSSR count). The highest BCUT2D eigenvalue weighted by molar-refractivity contribution is 5.76. The van der Waals surface area contributed by atoms with Gasteiger partial charge in [-0.05, 0) is 30.5 Å². The van der Waals surface area contributed by atoms with Gasteiger partial charge in [0.1, 0.15) is 5.82 Å². The molecule has 0 saturated carbocycles. The van der Waals surface area contributed by atoms with E-state index in [1.165, 1.54) is 12.1 Å². The number of rotatable bonds is 6. The number of aliphatic hydroxyl groups is 1. The van der Waals surface area contributed by atoms with Crippen LogP contribution in [0.5, 0.6) is 0 Å². The number of hydrogen-bond donors (Lipinski definition) is 2. The number of aryl methyl sites for hydroxylation is 1. The van der Waals surface area contributed by atoms with Gasteiger partial charge in [-0.2, -0.15) is 0 Å². The standard InChI is InChI=1S/C12H16FNO2/c13-11-5-2-10(3-6-11)4-7-12(16)14-8-1-9-15/h2-3,5-6,15H,1,4,7-9H2,(H,14,16). The Morgan fingerprint density at radius 2 is 2.00 bits per heavy atom. The third-order valence-electron chi connectivity index (χ3n) is 2.21. The van der Waals surface area contributed by atoms with Crippen LogP contribution in [0.25, 0.3) is 0 Å². The summed E-state index contributed by atoms with van der Waals surface area (Å²) in [6, 6.07) is 6.13. The Morgan fingerprint density at radius 3 is 2.62 bits per heavy atom. The smallest absolute Gasteiger partial charge is 0.220 e. The summed E-state index contributed by atoms with van der Waals surface area (Å²) in [6.45, 7) is 0.580. The van der Waals surface area contributed by atoms with E-state index in [1.54, 1.807) is 12.1 Å². The van der Waals surface area contributed by atoms with Crippen LogP contribution in [0.4, 0.5) is 4.39 Å². The van der Waals surface area contributed by atoms with Gasteiger partial charge >= 0.3 is 0 Å². The summed E-state index contributed by atoms with van der Waals surface area (Å²) in [5.41, 5.74) is 0.943. The third-order valence-corrected chi connectivity index (χ3v) is 2.21. The predicted molar refractivity (Wildman–Crippen MR) is 59.4 cm³/mol. The third kappa shape index (κ3) is 4.89. The lowest BCUT2D eigenvalue weighted by molar-refractivity contribution is -0.121. The van der Waals surface area contributed by atoms with Crippen LogP contribution in [0.1, 0.15) is 18.4 Å². The Balaban J connectivity index is 2.23. The molecule has 0 radical (unpaired) electrons. The van der Waals surface area contributed by atoms with E-state index in [-0.39, 0.29) is 18.3 Å². The molecule has 1 aromatic rings. The largest absolute Gasteiger partial charge is 0.396 e. The number of aliphatic hydroxyl groups excluding tert-OH is 1. The van der Waals surface area contributed by atoms with Gasteiger partial charge in [0.2, 0.25) is 5.91 Å². The molecule has 0 fully saturated rings. The molecule has 2 N–H and O–H groups in total. The predicted octanol–water partition coefficient (Wildman–Crippen LogP) is 1.26. The van der Waals surface area contributed by atoms with Crippen molar-refractivity contribution in [1.82, 2.24) is 5.32 Å². The number of carbonyl (C=O) groups is 1. The molecule has 0 heterocycles. The molecule has 0 aliphatic carbocycles. The molecule has 3 nitrogen and oxygen atoms in total. The fraction of sp³-hybridized carbons (Fsp3) is 0.417. The second kappa shape index (κ2) is 6.95. The Hall–Kier alpha value is -1.42. The van der Waals surface area contributed by atoms with E-state index in [9.17, 15) is 9.18 Å². The minimum atomic E-state index is -0.267. The molecule has 0 aliphatic heterocycles. The summed E-state index contributed by atoms with van der Waals surface area (Å²) >= 11 is 0. The highest BCUT2D eigenvalue weighted by Gasteiger charge is 2.01. The van der Waals surface area contributed by atoms with E-state index in [0.717, 1.165) is 5.56 Å². The number of carbonyl (C=O) groups excluding carboxylic acids is 1. The molecular formula is C12H16FNO2. The van der Waals surface area contributed by atoms with E-state index in [1.807, 2.05) is 0 Å². The van der Waals surface area contributed by atoms with Crippen molar-refractivity contribution in [2.24, 2.45) is 0 Å². The number of nitrogens with one attached hydrogen (secondary N) is 1. The van der Waals surface area contributed by atoms with Gasteiger partial charge in [0.05, 0.1) is 0 Å². The van der Waals surface area contributed by atoms with Gasteiger partial charge in [0.25, 0.3) is 0 Å². The molecule has 1 amide bonds. The highest BCUT2D eigenvalue weighted by Crippen LogP contribution is 2.05. The molecule has 0 bridgehead atoms. The lowest BCUT2D eigenvalue weighted by Crippen LogP contribution is -2.25. The van der Waals surface area contributed by atoms with Crippen molar-refractivity contribution in [2.45, 2.75) is 19.3 Å². The summed E-state index contributed by atoms with van der Waals surface area (Å²) < 4.78 is 12.6. The second-order valence-corrected chi connectivity index (χ2v) is 3.55. The fourth-order valence-corrected chi connectivity index (χ4v) is 1.30. The van der Waals surface area contributed by atoms with Crippen molar-refractivity contribution < 1.29 is 14.3 Å². The van der Waals surface area contributed by atoms with E-state index in [4.69, 9.17) is 5.11 Å². The molecule has 0 aromatic heterocycles. The van der Waals surface area contributed by atoms with Gasteiger partial charge < -0.3 is 10.4 Å². The van der Waals surface area contributed by atoms with Gasteiger partial charge in [-0.15, -0.1) is 0 Å². The van der Waals surface area contributed by atoms with Crippen LogP contribution in [-0.4, -0.2) is 24.2 Å². The summed E-state index contributed by atoms with van der Waals surface area (Å²) in [7, 11) is 0. The monoisotopic (exact) mass is 225 g/mol. The van der Waals surface area contributed by atoms with Crippen LogP contribution in [0.3, 0.4) is 0 Å². The van der Waals surface area contributed by atoms with Gasteiger partial charge in [-0.3, -0.25) is 4.79 Å². The molecule has 0 spiro atoms. The molecule has 1 aromatic carbocycles. The molecule has 0 unspecified atom stereocenters. The zero-order chi connectivity index (χ0) is 11.8. The molecule has 88 valence electrons. The molecule has 0 atom stereocenters. The van der Waals surface area contributed by atoms with Crippen LogP contribution in [0.15, 0.2) is 24.3 Å². The van der Waals surface area contributed by atoms with E-state index < -0.39 is 0 Å². The van der Waals surface area contributed by atoms with E-state index in [0.29, 0.717) is 25.8 Å². The topological polar surface area (TPSA) is 49.3 Å². The van der Waals surface area contributed by atoms with Crippen molar-refractivity contribution in [2.75, 3.05) is 13.2 Å². The number of amides is 1. The van der Waals surface area contributed by atoms with Gasteiger partial charge in [-0.1, -0.05) is 12.1 Å². The summed E-state index contributed by atoms with van der Waals surface area (Å²) in [6.07, 6.45) is 1.56. The number of halogens is 1. The Labute approximate surface area is 94.3 Å². The van der Waals surface area contributed by atoms with Crippen LogP contribution in [-0.2, 0) is 11.2 Å². The Morgan fingerprint density at radius 1 is 1.31 bits per heavy atom. The minimum absolute atomic E-state index is 0.0437. The normalized spacial score (nSPS) is 10.1. The van der Waals surface area contributed by atoms with Gasteiger partial charge in [0.15, 0.2) is 0 Å². The summed E-state index contributed by atoms with van der Waals surface area (Å²) in [5.74, 6) is -0.311. The Kier molecular flexibility index (Phi) is 5.50. The molecule has 16 heavy (non-hydrogen) atoms. The van der Waals surface area contributed by atoms with Crippen molar-refractivity contribution in [3.63, 3.8) is 0 Å². The molecule has 0 aliphatic rings. The molecular weight excluding hydrogens is 209 g/mol. The van der Waals surface area contributed by atoms with Gasteiger partial charge in [-0.25, -0.2) is 4.39 Å². The molecule has 0 saturated heterocycles. The van der Waals surface area contributed by atoms with E-state index >= 15 is 0 Å². The first-order valence-corrected chi connectivity index (χ1v) is 5.34. The van der Waals surface area contributed by atoms with Crippen molar-refractivity contribution >= 4 is 5.91 Å². The van der Waals surface area contributed by atoms with Crippen molar-refractivity contribution in [1.29, 1.82) is 0 Å². The first-order chi connectivity index (χ1) is 7.72. The average molecular weight is 225 g/mol. The maximum Gasteiger partial charge on any atom is 0.220 e. The molecule has 4 heteroatoms. The first kappa shape index (κ1) is 12.6. The summed E-state index contributed by atoms with van der Waals surface area (Å²) in [4.78, 5) is 11.3. The maximum atomic E-state index is 12.6.